The Bertz CT molecular complexity index is 99.2. The van der Waals surface area contributed by atoms with E-state index in [1.807, 2.05) is 0 Å². The minimum Gasteiger partial charge on any atom is -0.0928 e. The molecule has 0 aromatic carbocycles. The predicted octanol–water partition coefficient (Wildman–Crippen LogP) is 4.48. The van der Waals surface area contributed by atoms with Crippen molar-refractivity contribution in [3.05, 3.63) is 0 Å². The zero-order valence-corrected chi connectivity index (χ0v) is 10.5. The highest BCUT2D eigenvalue weighted by Gasteiger charge is 2.09. The van der Waals surface area contributed by atoms with E-state index in [0.717, 1.165) is 23.1 Å². The predicted molar refractivity (Wildman–Crippen MR) is 60.8 cm³/mol. The lowest BCUT2D eigenvalue weighted by Gasteiger charge is -2.17. The molecule has 1 heteroatoms. The molecule has 2 unspecified atom stereocenters. The molecule has 0 N–H and O–H groups in total. The van der Waals surface area contributed by atoms with E-state index in [-0.39, 0.29) is 0 Å². The van der Waals surface area contributed by atoms with Crippen LogP contribution in [0.15, 0.2) is 0 Å². The maximum absolute atomic E-state index is 3.49. The summed E-state index contributed by atoms with van der Waals surface area (Å²) in [5.74, 6) is 2.63. The highest BCUT2D eigenvalue weighted by Crippen LogP contribution is 2.20. The number of hydrogen-bond acceptors (Lipinski definition) is 0. The minimum atomic E-state index is 0.848. The fourth-order valence-electron chi connectivity index (χ4n) is 1.21. The topological polar surface area (TPSA) is 0 Å². The van der Waals surface area contributed by atoms with E-state index in [1.54, 1.807) is 0 Å². The Balaban J connectivity index is 3.40. The van der Waals surface area contributed by atoms with Gasteiger partial charge >= 0.3 is 0 Å². The molecule has 0 fully saturated rings. The summed E-state index contributed by atoms with van der Waals surface area (Å²) in [7, 11) is 0. The molecule has 0 heterocycles. The van der Waals surface area contributed by atoms with Crippen LogP contribution in [-0.4, -0.2) is 5.33 Å². The standard InChI is InChI=1S/C11H23Br/c1-9(2)11(4)6-5-10(3)7-8-12/h9-11H,5-8H2,1-4H3. The van der Waals surface area contributed by atoms with Crippen molar-refractivity contribution in [3.63, 3.8) is 0 Å². The molecule has 0 aliphatic rings. The molecule has 12 heavy (non-hydrogen) atoms. The van der Waals surface area contributed by atoms with Gasteiger partial charge in [0.15, 0.2) is 0 Å². The minimum absolute atomic E-state index is 0.848. The molecule has 0 rings (SSSR count). The quantitative estimate of drug-likeness (QED) is 0.595. The van der Waals surface area contributed by atoms with Gasteiger partial charge in [-0.1, -0.05) is 56.5 Å². The van der Waals surface area contributed by atoms with Crippen molar-refractivity contribution in [2.75, 3.05) is 5.33 Å². The van der Waals surface area contributed by atoms with Gasteiger partial charge in [0.05, 0.1) is 0 Å². The van der Waals surface area contributed by atoms with Crippen LogP contribution in [0.3, 0.4) is 0 Å². The zero-order chi connectivity index (χ0) is 9.56. The molecule has 0 saturated carbocycles. The summed E-state index contributed by atoms with van der Waals surface area (Å²) >= 11 is 3.49. The number of hydrogen-bond donors (Lipinski definition) is 0. The van der Waals surface area contributed by atoms with Crippen LogP contribution in [0.5, 0.6) is 0 Å². The van der Waals surface area contributed by atoms with Gasteiger partial charge in [0, 0.05) is 5.33 Å². The van der Waals surface area contributed by atoms with Gasteiger partial charge in [-0.05, 0) is 24.2 Å². The van der Waals surface area contributed by atoms with Crippen LogP contribution < -0.4 is 0 Å². The monoisotopic (exact) mass is 234 g/mol. The first-order valence-electron chi connectivity index (χ1n) is 5.13. The molecular formula is C11H23Br. The molecule has 74 valence electrons. The van der Waals surface area contributed by atoms with Crippen LogP contribution >= 0.6 is 15.9 Å². The fraction of sp³-hybridized carbons (Fsp3) is 1.00. The molecular weight excluding hydrogens is 212 g/mol. The van der Waals surface area contributed by atoms with Gasteiger partial charge in [-0.2, -0.15) is 0 Å². The average Bonchev–Trinajstić information content (AvgIpc) is 2.00. The van der Waals surface area contributed by atoms with Crippen molar-refractivity contribution in [2.45, 2.75) is 47.0 Å². The van der Waals surface area contributed by atoms with Gasteiger partial charge in [-0.15, -0.1) is 0 Å². The Morgan fingerprint density at radius 1 is 0.917 bits per heavy atom. The average molecular weight is 235 g/mol. The summed E-state index contributed by atoms with van der Waals surface area (Å²) in [6.45, 7) is 9.36. The van der Waals surface area contributed by atoms with Crippen LogP contribution in [-0.2, 0) is 0 Å². The Hall–Kier alpha value is 0.480. The van der Waals surface area contributed by atoms with Gasteiger partial charge < -0.3 is 0 Å². The third-order valence-corrected chi connectivity index (χ3v) is 3.31. The molecule has 0 aromatic rings. The lowest BCUT2D eigenvalue weighted by molar-refractivity contribution is 0.348. The number of rotatable bonds is 6. The van der Waals surface area contributed by atoms with E-state index < -0.39 is 0 Å². The Morgan fingerprint density at radius 2 is 1.50 bits per heavy atom. The van der Waals surface area contributed by atoms with E-state index in [9.17, 15) is 0 Å². The molecule has 2 atom stereocenters. The molecule has 0 saturated heterocycles. The largest absolute Gasteiger partial charge is 0.0928 e. The second-order valence-corrected chi connectivity index (χ2v) is 5.17. The van der Waals surface area contributed by atoms with Crippen molar-refractivity contribution in [1.29, 1.82) is 0 Å². The summed E-state index contributed by atoms with van der Waals surface area (Å²) in [5, 5.41) is 1.16. The molecule has 0 amide bonds. The summed E-state index contributed by atoms with van der Waals surface area (Å²) < 4.78 is 0. The molecule has 0 bridgehead atoms. The highest BCUT2D eigenvalue weighted by molar-refractivity contribution is 9.09. The van der Waals surface area contributed by atoms with Gasteiger partial charge in [0.1, 0.15) is 0 Å². The van der Waals surface area contributed by atoms with Crippen molar-refractivity contribution in [2.24, 2.45) is 17.8 Å². The molecule has 0 spiro atoms. The Labute approximate surface area is 86.3 Å². The van der Waals surface area contributed by atoms with Crippen LogP contribution in [0.4, 0.5) is 0 Å². The van der Waals surface area contributed by atoms with Crippen molar-refractivity contribution in [3.8, 4) is 0 Å². The third kappa shape index (κ3) is 6.05. The lowest BCUT2D eigenvalue weighted by atomic mass is 9.89. The highest BCUT2D eigenvalue weighted by atomic mass is 79.9. The van der Waals surface area contributed by atoms with Crippen LogP contribution in [0, 0.1) is 17.8 Å². The van der Waals surface area contributed by atoms with Crippen molar-refractivity contribution in [1.82, 2.24) is 0 Å². The van der Waals surface area contributed by atoms with E-state index in [4.69, 9.17) is 0 Å². The first-order valence-corrected chi connectivity index (χ1v) is 6.26. The summed E-state index contributed by atoms with van der Waals surface area (Å²) in [6.07, 6.45) is 4.11. The van der Waals surface area contributed by atoms with Gasteiger partial charge in [0.2, 0.25) is 0 Å². The van der Waals surface area contributed by atoms with Gasteiger partial charge in [-0.25, -0.2) is 0 Å². The molecule has 0 nitrogen and oxygen atoms in total. The Kier molecular flexibility index (Phi) is 7.22. The van der Waals surface area contributed by atoms with E-state index in [0.29, 0.717) is 0 Å². The van der Waals surface area contributed by atoms with E-state index in [1.165, 1.54) is 19.3 Å². The maximum Gasteiger partial charge on any atom is 0.00338 e. The van der Waals surface area contributed by atoms with Gasteiger partial charge in [0.25, 0.3) is 0 Å². The maximum atomic E-state index is 3.49. The van der Waals surface area contributed by atoms with Crippen molar-refractivity contribution < 1.29 is 0 Å². The first kappa shape index (κ1) is 12.5. The number of alkyl halides is 1. The van der Waals surface area contributed by atoms with Crippen molar-refractivity contribution >= 4 is 15.9 Å². The molecule has 0 aromatic heterocycles. The fourth-order valence-corrected chi connectivity index (χ4v) is 1.99. The zero-order valence-electron chi connectivity index (χ0n) is 8.94. The summed E-state index contributed by atoms with van der Waals surface area (Å²) in [5.41, 5.74) is 0. The van der Waals surface area contributed by atoms with Crippen LogP contribution in [0.2, 0.25) is 0 Å². The SMILES string of the molecule is CC(CCBr)CCC(C)C(C)C. The van der Waals surface area contributed by atoms with Gasteiger partial charge in [-0.3, -0.25) is 0 Å². The van der Waals surface area contributed by atoms with E-state index in [2.05, 4.69) is 43.6 Å². The van der Waals surface area contributed by atoms with E-state index >= 15 is 0 Å². The van der Waals surface area contributed by atoms with Crippen LogP contribution in [0.25, 0.3) is 0 Å². The molecule has 0 aliphatic carbocycles. The molecule has 0 radical (unpaired) electrons. The lowest BCUT2D eigenvalue weighted by Crippen LogP contribution is -2.06. The second-order valence-electron chi connectivity index (χ2n) is 4.38. The smallest absolute Gasteiger partial charge is 0.00338 e. The first-order chi connectivity index (χ1) is 5.57. The summed E-state index contributed by atoms with van der Waals surface area (Å²) in [4.78, 5) is 0. The van der Waals surface area contributed by atoms with Crippen LogP contribution in [0.1, 0.15) is 47.0 Å². The normalized spacial score (nSPS) is 16.5. The third-order valence-electron chi connectivity index (χ3n) is 2.85. The second kappa shape index (κ2) is 6.94. The molecule has 0 aliphatic heterocycles. The number of halogens is 1. The Morgan fingerprint density at radius 3 is 1.92 bits per heavy atom. The summed E-state index contributed by atoms with van der Waals surface area (Å²) in [6, 6.07) is 0.